The van der Waals surface area contributed by atoms with E-state index < -0.39 is 12.5 Å². The first-order chi connectivity index (χ1) is 18.5. The molecular formula is C26H45F3N6O4. The molecule has 4 aliphatic rings. The molecule has 0 aromatic carbocycles. The Labute approximate surface area is 228 Å². The van der Waals surface area contributed by atoms with Gasteiger partial charge in [0.25, 0.3) is 0 Å². The third-order valence-corrected chi connectivity index (χ3v) is 8.56. The van der Waals surface area contributed by atoms with Crippen molar-refractivity contribution in [2.45, 2.75) is 116 Å². The van der Waals surface area contributed by atoms with Gasteiger partial charge in [0.2, 0.25) is 11.8 Å². The topological polar surface area (TPSA) is 125 Å². The largest absolute Gasteiger partial charge is 0.522 e. The number of nitrogens with one attached hydrogen (secondary N) is 6. The van der Waals surface area contributed by atoms with Crippen molar-refractivity contribution in [1.82, 2.24) is 32.3 Å². The van der Waals surface area contributed by atoms with Crippen LogP contribution in [-0.4, -0.2) is 55.9 Å². The molecule has 0 aromatic rings. The molecule has 5 atom stereocenters. The third-order valence-electron chi connectivity index (χ3n) is 8.56. The van der Waals surface area contributed by atoms with Gasteiger partial charge in [0.15, 0.2) is 0 Å². The van der Waals surface area contributed by atoms with Crippen molar-refractivity contribution in [3.05, 3.63) is 0 Å². The molecule has 224 valence electrons. The van der Waals surface area contributed by atoms with Gasteiger partial charge >= 0.3 is 6.36 Å². The van der Waals surface area contributed by atoms with Gasteiger partial charge in [-0.25, -0.2) is 5.43 Å². The first-order valence-electron chi connectivity index (χ1n) is 14.5. The van der Waals surface area contributed by atoms with Gasteiger partial charge in [-0.3, -0.25) is 35.2 Å². The summed E-state index contributed by atoms with van der Waals surface area (Å²) in [6.45, 7) is 5.44. The Hall–Kier alpha value is -1.51. The summed E-state index contributed by atoms with van der Waals surface area (Å²) < 4.78 is 41.4. The van der Waals surface area contributed by atoms with Crippen LogP contribution < -0.4 is 32.3 Å². The van der Waals surface area contributed by atoms with Crippen LogP contribution in [0.2, 0.25) is 0 Å². The molecule has 0 aromatic heterocycles. The molecule has 2 aliphatic carbocycles. The van der Waals surface area contributed by atoms with E-state index in [2.05, 4.69) is 50.9 Å². The van der Waals surface area contributed by atoms with Crippen molar-refractivity contribution < 1.29 is 32.3 Å². The maximum absolute atomic E-state index is 12.5. The quantitative estimate of drug-likeness (QED) is 0.227. The first kappa shape index (κ1) is 30.4. The molecule has 4 rings (SSSR count). The molecule has 2 saturated heterocycles. The van der Waals surface area contributed by atoms with E-state index in [1.54, 1.807) is 0 Å². The summed E-state index contributed by atoms with van der Waals surface area (Å²) in [5.41, 5.74) is 8.74. The van der Waals surface area contributed by atoms with E-state index in [1.165, 1.54) is 0 Å². The van der Waals surface area contributed by atoms with Crippen LogP contribution in [0, 0.1) is 23.2 Å². The lowest BCUT2D eigenvalue weighted by Gasteiger charge is -2.42. The SMILES string of the molecule is CC(C)(CNC(=O)CCCC1NC(C2CCC(OC(F)(F)F)CC2)NO1)CNC1NNC(=O)C2CCCCC12. The van der Waals surface area contributed by atoms with E-state index in [9.17, 15) is 22.8 Å². The van der Waals surface area contributed by atoms with E-state index in [0.29, 0.717) is 58.0 Å². The fourth-order valence-corrected chi connectivity index (χ4v) is 6.29. The minimum absolute atomic E-state index is 0.0102. The first-order valence-corrected chi connectivity index (χ1v) is 14.5. The summed E-state index contributed by atoms with van der Waals surface area (Å²) in [4.78, 5) is 30.2. The van der Waals surface area contributed by atoms with Crippen molar-refractivity contribution in [2.75, 3.05) is 13.1 Å². The molecular weight excluding hydrogens is 517 g/mol. The Morgan fingerprint density at radius 1 is 1.08 bits per heavy atom. The van der Waals surface area contributed by atoms with E-state index in [-0.39, 0.29) is 53.5 Å². The molecule has 10 nitrogen and oxygen atoms in total. The van der Waals surface area contributed by atoms with E-state index in [1.807, 2.05) is 0 Å². The third kappa shape index (κ3) is 9.25. The number of hydrogen-bond acceptors (Lipinski definition) is 8. The predicted molar refractivity (Wildman–Crippen MR) is 137 cm³/mol. The van der Waals surface area contributed by atoms with Gasteiger partial charge in [0.05, 0.1) is 18.4 Å². The highest BCUT2D eigenvalue weighted by molar-refractivity contribution is 5.79. The van der Waals surface area contributed by atoms with E-state index in [0.717, 1.165) is 25.7 Å². The Bertz CT molecular complexity index is 824. The van der Waals surface area contributed by atoms with Gasteiger partial charge < -0.3 is 5.32 Å². The highest BCUT2D eigenvalue weighted by Crippen LogP contribution is 2.34. The molecule has 6 N–H and O–H groups in total. The number of amides is 2. The molecule has 0 bridgehead atoms. The number of hydrogen-bond donors (Lipinski definition) is 6. The molecule has 39 heavy (non-hydrogen) atoms. The fourth-order valence-electron chi connectivity index (χ4n) is 6.29. The van der Waals surface area contributed by atoms with Crippen LogP contribution in [0.5, 0.6) is 0 Å². The molecule has 13 heteroatoms. The summed E-state index contributed by atoms with van der Waals surface area (Å²) >= 11 is 0. The highest BCUT2D eigenvalue weighted by atomic mass is 19.4. The number of fused-ring (bicyclic) bond motifs is 1. The summed E-state index contributed by atoms with van der Waals surface area (Å²) in [5.74, 6) is 0.611. The van der Waals surface area contributed by atoms with Crippen LogP contribution in [0.3, 0.4) is 0 Å². The van der Waals surface area contributed by atoms with Crippen LogP contribution in [0.4, 0.5) is 13.2 Å². The van der Waals surface area contributed by atoms with Crippen LogP contribution >= 0.6 is 0 Å². The summed E-state index contributed by atoms with van der Waals surface area (Å²) in [5, 5.41) is 9.96. The molecule has 2 heterocycles. The van der Waals surface area contributed by atoms with E-state index in [4.69, 9.17) is 4.84 Å². The Morgan fingerprint density at radius 2 is 1.82 bits per heavy atom. The number of halogens is 3. The minimum Gasteiger partial charge on any atom is -0.356 e. The second-order valence-corrected chi connectivity index (χ2v) is 12.3. The molecule has 0 spiro atoms. The summed E-state index contributed by atoms with van der Waals surface area (Å²) in [6, 6.07) is 0. The lowest BCUT2D eigenvalue weighted by molar-refractivity contribution is -0.345. The number of carbonyl (C=O) groups excluding carboxylic acids is 2. The highest BCUT2D eigenvalue weighted by Gasteiger charge is 2.41. The second-order valence-electron chi connectivity index (χ2n) is 12.3. The minimum atomic E-state index is -4.58. The standard InChI is InChI=1S/C26H45F3N6O4/c1-25(2,15-31-23-18-6-3-4-7-19(18)24(37)34-33-23)14-30-20(36)8-5-9-21-32-22(35-39-21)16-10-12-17(13-11-16)38-26(27,28)29/h16-19,21-23,31-33,35H,3-15H2,1-2H3,(H,30,36)(H,34,37). The van der Waals surface area contributed by atoms with Crippen molar-refractivity contribution in [3.63, 3.8) is 0 Å². The fraction of sp³-hybridized carbons (Fsp3) is 0.923. The average molecular weight is 563 g/mol. The number of ether oxygens (including phenoxy) is 1. The van der Waals surface area contributed by atoms with Crippen molar-refractivity contribution in [2.24, 2.45) is 23.2 Å². The number of alkyl halides is 3. The molecule has 2 aliphatic heterocycles. The zero-order valence-corrected chi connectivity index (χ0v) is 23.0. The molecule has 5 unspecified atom stereocenters. The average Bonchev–Trinajstić information content (AvgIpc) is 3.36. The van der Waals surface area contributed by atoms with Gasteiger partial charge in [-0.2, -0.15) is 5.48 Å². The Kier molecular flexibility index (Phi) is 10.5. The van der Waals surface area contributed by atoms with Gasteiger partial charge in [-0.05, 0) is 62.7 Å². The van der Waals surface area contributed by atoms with Gasteiger partial charge in [0, 0.05) is 31.3 Å². The van der Waals surface area contributed by atoms with Crippen LogP contribution in [0.1, 0.15) is 84.5 Å². The number of hydrazine groups is 1. The summed E-state index contributed by atoms with van der Waals surface area (Å²) in [6.07, 6.45) is 2.23. The maximum Gasteiger partial charge on any atom is 0.522 e. The van der Waals surface area contributed by atoms with Gasteiger partial charge in [0.1, 0.15) is 6.23 Å². The molecule has 2 saturated carbocycles. The van der Waals surface area contributed by atoms with Crippen molar-refractivity contribution in [3.8, 4) is 0 Å². The second kappa shape index (κ2) is 13.4. The van der Waals surface area contributed by atoms with Crippen molar-refractivity contribution in [1.29, 1.82) is 0 Å². The normalized spacial score (nSPS) is 33.9. The number of rotatable bonds is 11. The monoisotopic (exact) mass is 562 g/mol. The molecule has 4 fully saturated rings. The van der Waals surface area contributed by atoms with Crippen molar-refractivity contribution >= 4 is 11.8 Å². The Balaban J connectivity index is 1.07. The van der Waals surface area contributed by atoms with Crippen LogP contribution in [0.15, 0.2) is 0 Å². The maximum atomic E-state index is 12.5. The lowest BCUT2D eigenvalue weighted by Crippen LogP contribution is -2.65. The number of carbonyl (C=O) groups is 2. The smallest absolute Gasteiger partial charge is 0.356 e. The summed E-state index contributed by atoms with van der Waals surface area (Å²) in [7, 11) is 0. The van der Waals surface area contributed by atoms with Gasteiger partial charge in [-0.1, -0.05) is 26.7 Å². The van der Waals surface area contributed by atoms with Crippen LogP contribution in [0.25, 0.3) is 0 Å². The zero-order chi connectivity index (χ0) is 28.0. The zero-order valence-electron chi connectivity index (χ0n) is 23.0. The number of hydroxylamine groups is 1. The van der Waals surface area contributed by atoms with E-state index >= 15 is 0 Å². The molecule has 0 radical (unpaired) electrons. The lowest BCUT2D eigenvalue weighted by atomic mass is 9.76. The predicted octanol–water partition coefficient (Wildman–Crippen LogP) is 2.53. The van der Waals surface area contributed by atoms with Crippen LogP contribution in [-0.2, 0) is 19.2 Å². The molecule has 2 amide bonds. The Morgan fingerprint density at radius 3 is 2.56 bits per heavy atom. The van der Waals surface area contributed by atoms with Gasteiger partial charge in [-0.15, -0.1) is 13.2 Å².